The topological polar surface area (TPSA) is 58.2 Å². The molecular formula is C24H24ClN3O2. The van der Waals surface area contributed by atoms with Crippen molar-refractivity contribution in [2.24, 2.45) is 0 Å². The Labute approximate surface area is 181 Å². The van der Waals surface area contributed by atoms with Crippen LogP contribution < -0.4 is 4.74 Å². The normalized spacial score (nSPS) is 19.2. The molecule has 154 valence electrons. The molecule has 1 aromatic heterocycles. The third kappa shape index (κ3) is 3.18. The molecule has 1 aliphatic carbocycles. The first-order valence-corrected chi connectivity index (χ1v) is 10.9. The molecule has 0 spiro atoms. The highest BCUT2D eigenvalue weighted by molar-refractivity contribution is 6.30. The van der Waals surface area contributed by atoms with Crippen LogP contribution in [0.4, 0.5) is 0 Å². The third-order valence-corrected chi connectivity index (χ3v) is 6.57. The Bertz CT molecular complexity index is 1050. The quantitative estimate of drug-likeness (QED) is 0.595. The minimum Gasteiger partial charge on any atom is -0.497 e. The molecule has 3 aromatic rings. The van der Waals surface area contributed by atoms with E-state index in [1.54, 1.807) is 7.11 Å². The summed E-state index contributed by atoms with van der Waals surface area (Å²) in [5.74, 6) is 0.837. The highest BCUT2D eigenvalue weighted by Crippen LogP contribution is 2.45. The van der Waals surface area contributed by atoms with Crippen LogP contribution in [0.15, 0.2) is 48.5 Å². The molecule has 5 nitrogen and oxygen atoms in total. The van der Waals surface area contributed by atoms with Gasteiger partial charge in [-0.25, -0.2) is 0 Å². The van der Waals surface area contributed by atoms with Crippen molar-refractivity contribution in [3.05, 3.63) is 70.4 Å². The fraction of sp³-hybridized carbons (Fsp3) is 0.333. The number of halogens is 1. The van der Waals surface area contributed by atoms with Crippen molar-refractivity contribution in [3.63, 3.8) is 0 Å². The van der Waals surface area contributed by atoms with Crippen molar-refractivity contribution in [3.8, 4) is 17.0 Å². The van der Waals surface area contributed by atoms with E-state index in [4.69, 9.17) is 16.3 Å². The zero-order valence-electron chi connectivity index (χ0n) is 16.9. The first kappa shape index (κ1) is 19.2. The van der Waals surface area contributed by atoms with Gasteiger partial charge in [-0.05, 0) is 54.8 Å². The minimum atomic E-state index is -0.163. The van der Waals surface area contributed by atoms with Crippen LogP contribution in [0, 0.1) is 0 Å². The molecule has 2 aromatic carbocycles. The number of fused-ring (bicyclic) bond motifs is 1. The van der Waals surface area contributed by atoms with E-state index in [1.165, 1.54) is 19.3 Å². The first-order valence-electron chi connectivity index (χ1n) is 10.5. The fourth-order valence-corrected chi connectivity index (χ4v) is 4.97. The molecule has 1 aliphatic heterocycles. The van der Waals surface area contributed by atoms with Gasteiger partial charge in [0, 0.05) is 22.2 Å². The van der Waals surface area contributed by atoms with Gasteiger partial charge in [0.1, 0.15) is 11.4 Å². The lowest BCUT2D eigenvalue weighted by molar-refractivity contribution is 0.0606. The summed E-state index contributed by atoms with van der Waals surface area (Å²) in [6.45, 7) is 0. The molecule has 2 heterocycles. The fourth-order valence-electron chi connectivity index (χ4n) is 4.84. The molecule has 0 saturated heterocycles. The van der Waals surface area contributed by atoms with Crippen LogP contribution in [-0.2, 0) is 0 Å². The summed E-state index contributed by atoms with van der Waals surface area (Å²) in [5.41, 5.74) is 4.41. The van der Waals surface area contributed by atoms with Gasteiger partial charge in [0.25, 0.3) is 5.91 Å². The number of carbonyl (C=O) groups excluding carboxylic acids is 1. The van der Waals surface area contributed by atoms with E-state index in [0.29, 0.717) is 10.7 Å². The zero-order valence-corrected chi connectivity index (χ0v) is 17.7. The second-order valence-corrected chi connectivity index (χ2v) is 8.48. The van der Waals surface area contributed by atoms with Crippen molar-refractivity contribution in [2.45, 2.75) is 44.2 Å². The van der Waals surface area contributed by atoms with Crippen LogP contribution in [0.25, 0.3) is 11.3 Å². The molecule has 1 atom stereocenters. The van der Waals surface area contributed by atoms with Gasteiger partial charge in [0.15, 0.2) is 0 Å². The number of hydrogen-bond acceptors (Lipinski definition) is 3. The van der Waals surface area contributed by atoms with Gasteiger partial charge in [-0.1, -0.05) is 43.0 Å². The molecule has 1 saturated carbocycles. The van der Waals surface area contributed by atoms with E-state index in [9.17, 15) is 4.79 Å². The van der Waals surface area contributed by atoms with Crippen LogP contribution in [0.5, 0.6) is 5.75 Å². The Hall–Kier alpha value is -2.79. The van der Waals surface area contributed by atoms with E-state index in [1.807, 2.05) is 48.5 Å². The van der Waals surface area contributed by atoms with E-state index >= 15 is 0 Å². The van der Waals surface area contributed by atoms with Crippen molar-refractivity contribution >= 4 is 17.5 Å². The van der Waals surface area contributed by atoms with Crippen LogP contribution in [0.3, 0.4) is 0 Å². The number of rotatable bonds is 4. The number of nitrogens with zero attached hydrogens (tertiary/aromatic N) is 2. The molecule has 1 fully saturated rings. The summed E-state index contributed by atoms with van der Waals surface area (Å²) in [6.07, 6.45) is 5.67. The number of ether oxygens (including phenoxy) is 1. The Morgan fingerprint density at radius 3 is 2.40 bits per heavy atom. The number of H-pyrrole nitrogens is 1. The maximum Gasteiger partial charge on any atom is 0.273 e. The highest BCUT2D eigenvalue weighted by Gasteiger charge is 2.45. The maximum absolute atomic E-state index is 13.5. The van der Waals surface area contributed by atoms with Gasteiger partial charge in [-0.15, -0.1) is 0 Å². The summed E-state index contributed by atoms with van der Waals surface area (Å²) < 4.78 is 5.29. The number of aromatic amines is 1. The molecule has 1 N–H and O–H groups in total. The van der Waals surface area contributed by atoms with Gasteiger partial charge >= 0.3 is 0 Å². The SMILES string of the molecule is COc1ccc(-c2n[nH]c3c2C(c2ccc(Cl)cc2)N(C2CCCCC2)C3=O)cc1. The van der Waals surface area contributed by atoms with E-state index in [2.05, 4.69) is 15.1 Å². The van der Waals surface area contributed by atoms with Crippen molar-refractivity contribution in [2.75, 3.05) is 7.11 Å². The molecule has 5 rings (SSSR count). The van der Waals surface area contributed by atoms with Crippen LogP contribution in [0.2, 0.25) is 5.02 Å². The number of methoxy groups -OCH3 is 1. The van der Waals surface area contributed by atoms with Crippen molar-refractivity contribution in [1.82, 2.24) is 15.1 Å². The van der Waals surface area contributed by atoms with E-state index in [0.717, 1.165) is 41.0 Å². The molecule has 6 heteroatoms. The average molecular weight is 422 g/mol. The lowest BCUT2D eigenvalue weighted by atomic mass is 9.91. The van der Waals surface area contributed by atoms with E-state index < -0.39 is 0 Å². The third-order valence-electron chi connectivity index (χ3n) is 6.32. The van der Waals surface area contributed by atoms with Crippen molar-refractivity contribution in [1.29, 1.82) is 0 Å². The summed E-state index contributed by atoms with van der Waals surface area (Å²) >= 11 is 6.16. The summed E-state index contributed by atoms with van der Waals surface area (Å²) in [6, 6.07) is 15.7. The number of amides is 1. The summed E-state index contributed by atoms with van der Waals surface area (Å²) in [7, 11) is 1.65. The molecular weight excluding hydrogens is 398 g/mol. The maximum atomic E-state index is 13.5. The smallest absolute Gasteiger partial charge is 0.273 e. The lowest BCUT2D eigenvalue weighted by Gasteiger charge is -2.36. The number of nitrogens with one attached hydrogen (secondary N) is 1. The van der Waals surface area contributed by atoms with Crippen LogP contribution in [-0.4, -0.2) is 34.2 Å². The van der Waals surface area contributed by atoms with Gasteiger partial charge in [-0.3, -0.25) is 9.89 Å². The molecule has 0 radical (unpaired) electrons. The number of hydrogen-bond donors (Lipinski definition) is 1. The average Bonchev–Trinajstić information content (AvgIpc) is 3.34. The Morgan fingerprint density at radius 1 is 1.03 bits per heavy atom. The second-order valence-electron chi connectivity index (χ2n) is 8.05. The second kappa shape index (κ2) is 7.80. The van der Waals surface area contributed by atoms with Gasteiger partial charge < -0.3 is 9.64 Å². The molecule has 2 aliphatic rings. The number of carbonyl (C=O) groups is 1. The van der Waals surface area contributed by atoms with Crippen LogP contribution in [0.1, 0.15) is 59.8 Å². The Balaban J connectivity index is 1.63. The predicted molar refractivity (Wildman–Crippen MR) is 117 cm³/mol. The molecule has 1 amide bonds. The zero-order chi connectivity index (χ0) is 20.7. The molecule has 1 unspecified atom stereocenters. The molecule has 30 heavy (non-hydrogen) atoms. The lowest BCUT2D eigenvalue weighted by Crippen LogP contribution is -2.40. The predicted octanol–water partition coefficient (Wildman–Crippen LogP) is 5.62. The van der Waals surface area contributed by atoms with Gasteiger partial charge in [0.2, 0.25) is 0 Å². The van der Waals surface area contributed by atoms with Gasteiger partial charge in [-0.2, -0.15) is 5.10 Å². The number of aromatic nitrogens is 2. The minimum absolute atomic E-state index is 0.0455. The Kier molecular flexibility index (Phi) is 4.99. The highest BCUT2D eigenvalue weighted by atomic mass is 35.5. The van der Waals surface area contributed by atoms with Crippen molar-refractivity contribution < 1.29 is 9.53 Å². The Morgan fingerprint density at radius 2 is 1.73 bits per heavy atom. The van der Waals surface area contributed by atoms with E-state index in [-0.39, 0.29) is 18.0 Å². The first-order chi connectivity index (χ1) is 14.7. The summed E-state index contributed by atoms with van der Waals surface area (Å²) in [5, 5.41) is 8.28. The molecule has 0 bridgehead atoms. The largest absolute Gasteiger partial charge is 0.497 e. The van der Waals surface area contributed by atoms with Crippen LogP contribution >= 0.6 is 11.6 Å². The van der Waals surface area contributed by atoms with Gasteiger partial charge in [0.05, 0.1) is 18.8 Å². The monoisotopic (exact) mass is 421 g/mol. The standard InChI is InChI=1S/C24H24ClN3O2/c1-30-19-13-9-15(10-14-19)21-20-22(27-26-21)24(29)28(18-5-3-2-4-6-18)23(20)16-7-11-17(25)12-8-16/h7-14,18,23H,2-6H2,1H3,(H,26,27). The number of benzene rings is 2. The summed E-state index contributed by atoms with van der Waals surface area (Å²) in [4.78, 5) is 15.6.